The fraction of sp³-hybridized carbons (Fsp3) is 0.105. The molecule has 0 amide bonds. The van der Waals surface area contributed by atoms with E-state index in [0.29, 0.717) is 23.5 Å². The first-order chi connectivity index (χ1) is 11.7. The number of aromatic nitrogens is 2. The van der Waals surface area contributed by atoms with Gasteiger partial charge in [0.1, 0.15) is 5.82 Å². The quantitative estimate of drug-likeness (QED) is 0.693. The van der Waals surface area contributed by atoms with E-state index in [9.17, 15) is 10.1 Å². The second kappa shape index (κ2) is 6.80. The lowest BCUT2D eigenvalue weighted by atomic mass is 10.1. The Morgan fingerprint density at radius 1 is 1.17 bits per heavy atom. The molecular formula is C19H15N3O2. The number of hydrogen-bond acceptors (Lipinski definition) is 4. The number of imidazole rings is 1. The molecule has 0 aliphatic carbocycles. The number of esters is 1. The predicted octanol–water partition coefficient (Wildman–Crippen LogP) is 3.26. The second-order valence-electron chi connectivity index (χ2n) is 5.21. The minimum absolute atomic E-state index is 0.219. The number of nitrogens with zero attached hydrogens (tertiary/aromatic N) is 3. The van der Waals surface area contributed by atoms with Gasteiger partial charge in [-0.3, -0.25) is 0 Å². The van der Waals surface area contributed by atoms with Crippen LogP contribution >= 0.6 is 0 Å². The Kier molecular flexibility index (Phi) is 4.39. The first kappa shape index (κ1) is 15.5. The summed E-state index contributed by atoms with van der Waals surface area (Å²) in [5.74, 6) is 0.0638. The number of carbonyl (C=O) groups is 1. The Labute approximate surface area is 139 Å². The molecule has 0 bridgehead atoms. The molecule has 0 aliphatic rings. The van der Waals surface area contributed by atoms with Crippen molar-refractivity contribution in [1.82, 2.24) is 9.55 Å². The van der Waals surface area contributed by atoms with Crippen LogP contribution in [0.2, 0.25) is 0 Å². The van der Waals surface area contributed by atoms with Crippen LogP contribution in [0.5, 0.6) is 0 Å². The Balaban J connectivity index is 2.11. The van der Waals surface area contributed by atoms with E-state index in [1.807, 2.05) is 47.0 Å². The van der Waals surface area contributed by atoms with E-state index in [0.717, 1.165) is 5.56 Å². The van der Waals surface area contributed by atoms with Gasteiger partial charge in [0.2, 0.25) is 0 Å². The summed E-state index contributed by atoms with van der Waals surface area (Å²) in [6.07, 6.45) is 1.66. The van der Waals surface area contributed by atoms with Crippen LogP contribution < -0.4 is 0 Å². The largest absolute Gasteiger partial charge is 0.464 e. The monoisotopic (exact) mass is 317 g/mol. The Bertz CT molecular complexity index is 908. The van der Waals surface area contributed by atoms with Crippen molar-refractivity contribution in [1.29, 1.82) is 5.26 Å². The van der Waals surface area contributed by atoms with E-state index < -0.39 is 5.97 Å². The fourth-order valence-electron chi connectivity index (χ4n) is 2.51. The van der Waals surface area contributed by atoms with E-state index >= 15 is 0 Å². The average Bonchev–Trinajstić information content (AvgIpc) is 3.05. The first-order valence-corrected chi connectivity index (χ1v) is 7.42. The molecule has 1 heterocycles. The van der Waals surface area contributed by atoms with Crippen LogP contribution in [0.25, 0.3) is 11.4 Å². The highest BCUT2D eigenvalue weighted by atomic mass is 16.5. The van der Waals surface area contributed by atoms with E-state index in [1.54, 1.807) is 18.3 Å². The highest BCUT2D eigenvalue weighted by molar-refractivity contribution is 5.88. The number of nitriles is 1. The molecule has 0 N–H and O–H groups in total. The SMILES string of the molecule is COC(=O)c1cn(Cc2ccccc2)c(-c2ccccc2C#N)n1. The molecule has 0 radical (unpaired) electrons. The summed E-state index contributed by atoms with van der Waals surface area (Å²) in [4.78, 5) is 16.2. The summed E-state index contributed by atoms with van der Waals surface area (Å²) in [5.41, 5.74) is 2.48. The molecule has 3 rings (SSSR count). The summed E-state index contributed by atoms with van der Waals surface area (Å²) in [7, 11) is 1.32. The van der Waals surface area contributed by atoms with E-state index in [4.69, 9.17) is 4.74 Å². The number of ether oxygens (including phenoxy) is 1. The Morgan fingerprint density at radius 2 is 1.88 bits per heavy atom. The molecule has 0 saturated heterocycles. The molecule has 0 unspecified atom stereocenters. The maximum atomic E-state index is 11.9. The number of rotatable bonds is 4. The number of methoxy groups -OCH3 is 1. The number of carbonyl (C=O) groups excluding carboxylic acids is 1. The van der Waals surface area contributed by atoms with Crippen LogP contribution in [0.3, 0.4) is 0 Å². The van der Waals surface area contributed by atoms with Gasteiger partial charge in [-0.1, -0.05) is 42.5 Å². The van der Waals surface area contributed by atoms with E-state index in [1.165, 1.54) is 7.11 Å². The van der Waals surface area contributed by atoms with Crippen molar-refractivity contribution < 1.29 is 9.53 Å². The lowest BCUT2D eigenvalue weighted by molar-refractivity contribution is 0.0594. The first-order valence-electron chi connectivity index (χ1n) is 7.42. The second-order valence-corrected chi connectivity index (χ2v) is 5.21. The standard InChI is InChI=1S/C19H15N3O2/c1-24-19(23)17-13-22(12-14-7-3-2-4-8-14)18(21-17)16-10-6-5-9-15(16)11-20/h2-10,13H,12H2,1H3. The highest BCUT2D eigenvalue weighted by Crippen LogP contribution is 2.24. The van der Waals surface area contributed by atoms with Crippen LogP contribution in [-0.4, -0.2) is 22.6 Å². The van der Waals surface area contributed by atoms with Gasteiger partial charge in [0.05, 0.1) is 18.7 Å². The lowest BCUT2D eigenvalue weighted by Crippen LogP contribution is -2.02. The normalized spacial score (nSPS) is 10.2. The van der Waals surface area contributed by atoms with Gasteiger partial charge in [-0.2, -0.15) is 5.26 Å². The van der Waals surface area contributed by atoms with Crippen molar-refractivity contribution in [3.63, 3.8) is 0 Å². The van der Waals surface area contributed by atoms with Crippen molar-refractivity contribution in [3.05, 3.63) is 77.6 Å². The van der Waals surface area contributed by atoms with Gasteiger partial charge in [-0.05, 0) is 17.7 Å². The molecule has 1 aromatic heterocycles. The molecule has 0 saturated carbocycles. The van der Waals surface area contributed by atoms with Gasteiger partial charge in [0.25, 0.3) is 0 Å². The molecule has 5 nitrogen and oxygen atoms in total. The number of hydrogen-bond donors (Lipinski definition) is 0. The van der Waals surface area contributed by atoms with Crippen molar-refractivity contribution in [3.8, 4) is 17.5 Å². The van der Waals surface area contributed by atoms with Crippen LogP contribution in [0.4, 0.5) is 0 Å². The molecule has 2 aromatic carbocycles. The summed E-state index contributed by atoms with van der Waals surface area (Å²) < 4.78 is 6.63. The zero-order valence-corrected chi connectivity index (χ0v) is 13.1. The summed E-state index contributed by atoms with van der Waals surface area (Å²) in [5, 5.41) is 9.34. The number of benzene rings is 2. The van der Waals surface area contributed by atoms with E-state index in [-0.39, 0.29) is 5.69 Å². The smallest absolute Gasteiger partial charge is 0.358 e. The molecule has 5 heteroatoms. The van der Waals surface area contributed by atoms with Crippen LogP contribution in [0.1, 0.15) is 21.6 Å². The Hall–Kier alpha value is -3.39. The highest BCUT2D eigenvalue weighted by Gasteiger charge is 2.18. The molecular weight excluding hydrogens is 302 g/mol. The molecule has 0 spiro atoms. The topological polar surface area (TPSA) is 67.9 Å². The molecule has 0 aliphatic heterocycles. The zero-order valence-electron chi connectivity index (χ0n) is 13.1. The third-order valence-corrected chi connectivity index (χ3v) is 3.66. The van der Waals surface area contributed by atoms with Gasteiger partial charge >= 0.3 is 5.97 Å². The molecule has 0 fully saturated rings. The predicted molar refractivity (Wildman–Crippen MR) is 89.3 cm³/mol. The fourth-order valence-corrected chi connectivity index (χ4v) is 2.51. The van der Waals surface area contributed by atoms with Crippen LogP contribution in [-0.2, 0) is 11.3 Å². The van der Waals surface area contributed by atoms with Gasteiger partial charge in [-0.25, -0.2) is 9.78 Å². The maximum absolute atomic E-state index is 11.9. The maximum Gasteiger partial charge on any atom is 0.358 e. The van der Waals surface area contributed by atoms with Crippen molar-refractivity contribution in [2.75, 3.05) is 7.11 Å². The summed E-state index contributed by atoms with van der Waals surface area (Å²) in [6.45, 7) is 0.542. The third-order valence-electron chi connectivity index (χ3n) is 3.66. The van der Waals surface area contributed by atoms with Crippen LogP contribution in [0, 0.1) is 11.3 Å². The minimum atomic E-state index is -0.502. The summed E-state index contributed by atoms with van der Waals surface area (Å²) >= 11 is 0. The van der Waals surface area contributed by atoms with Crippen molar-refractivity contribution in [2.24, 2.45) is 0 Å². The zero-order chi connectivity index (χ0) is 16.9. The Morgan fingerprint density at radius 3 is 2.58 bits per heavy atom. The van der Waals surface area contributed by atoms with Gasteiger partial charge in [-0.15, -0.1) is 0 Å². The molecule has 118 valence electrons. The van der Waals surface area contributed by atoms with Crippen molar-refractivity contribution >= 4 is 5.97 Å². The molecule has 24 heavy (non-hydrogen) atoms. The lowest BCUT2D eigenvalue weighted by Gasteiger charge is -2.09. The average molecular weight is 317 g/mol. The third kappa shape index (κ3) is 3.03. The van der Waals surface area contributed by atoms with Crippen LogP contribution in [0.15, 0.2) is 60.8 Å². The van der Waals surface area contributed by atoms with Gasteiger partial charge in [0.15, 0.2) is 5.69 Å². The molecule has 3 aromatic rings. The van der Waals surface area contributed by atoms with E-state index in [2.05, 4.69) is 11.1 Å². The van der Waals surface area contributed by atoms with Gasteiger partial charge in [0, 0.05) is 18.3 Å². The minimum Gasteiger partial charge on any atom is -0.464 e. The van der Waals surface area contributed by atoms with Crippen molar-refractivity contribution in [2.45, 2.75) is 6.54 Å². The summed E-state index contributed by atoms with van der Waals surface area (Å²) in [6, 6.07) is 19.2. The van der Waals surface area contributed by atoms with Gasteiger partial charge < -0.3 is 9.30 Å². The molecule has 0 atom stereocenters.